The number of hydrogen-bond donors (Lipinski definition) is 1. The van der Waals surface area contributed by atoms with Crippen molar-refractivity contribution in [2.45, 2.75) is 44.6 Å². The van der Waals surface area contributed by atoms with Crippen LogP contribution in [0.4, 0.5) is 10.5 Å². The van der Waals surface area contributed by atoms with E-state index >= 15 is 0 Å². The number of amides is 3. The van der Waals surface area contributed by atoms with Gasteiger partial charge in [-0.2, -0.15) is 0 Å². The number of carbonyl (C=O) groups is 2. The van der Waals surface area contributed by atoms with Gasteiger partial charge in [0.05, 0.1) is 26.0 Å². The molecule has 1 aliphatic carbocycles. The third-order valence-electron chi connectivity index (χ3n) is 7.96. The summed E-state index contributed by atoms with van der Waals surface area (Å²) < 4.78 is 17.2. The number of rotatable bonds is 11. The Hall–Kier alpha value is -3.72. The lowest BCUT2D eigenvalue weighted by atomic mass is 10.1. The van der Waals surface area contributed by atoms with Gasteiger partial charge >= 0.3 is 6.03 Å². The molecule has 3 fully saturated rings. The van der Waals surface area contributed by atoms with Gasteiger partial charge in [0.25, 0.3) is 5.91 Å². The molecule has 0 atom stereocenters. The molecule has 5 rings (SSSR count). The maximum atomic E-state index is 13.0. The molecule has 3 amide bonds. The van der Waals surface area contributed by atoms with Crippen molar-refractivity contribution in [3.8, 4) is 17.2 Å². The number of piperazine rings is 1. The van der Waals surface area contributed by atoms with Crippen LogP contribution in [0, 0.1) is 0 Å². The van der Waals surface area contributed by atoms with Gasteiger partial charge in [-0.3, -0.25) is 14.6 Å². The molecule has 214 valence electrons. The van der Waals surface area contributed by atoms with Crippen LogP contribution in [0.2, 0.25) is 0 Å². The first-order valence-electron chi connectivity index (χ1n) is 14.4. The number of imide groups is 1. The molecule has 9 heteroatoms. The summed E-state index contributed by atoms with van der Waals surface area (Å²) in [6.07, 6.45) is 8.01. The average molecular weight is 549 g/mol. The van der Waals surface area contributed by atoms with Crippen molar-refractivity contribution < 1.29 is 23.8 Å². The number of para-hydroxylation sites is 2. The normalized spacial score (nSPS) is 19.4. The molecule has 9 nitrogen and oxygen atoms in total. The highest BCUT2D eigenvalue weighted by Crippen LogP contribution is 2.33. The van der Waals surface area contributed by atoms with Crippen molar-refractivity contribution in [3.63, 3.8) is 0 Å². The summed E-state index contributed by atoms with van der Waals surface area (Å²) in [5.74, 6) is 1.95. The highest BCUT2D eigenvalue weighted by atomic mass is 16.5. The van der Waals surface area contributed by atoms with E-state index in [9.17, 15) is 9.59 Å². The minimum Gasteiger partial charge on any atom is -0.495 e. The van der Waals surface area contributed by atoms with E-state index in [4.69, 9.17) is 14.2 Å². The molecule has 0 bridgehead atoms. The molecule has 0 spiro atoms. The lowest BCUT2D eigenvalue weighted by Gasteiger charge is -2.36. The van der Waals surface area contributed by atoms with Crippen LogP contribution in [0.3, 0.4) is 0 Å². The van der Waals surface area contributed by atoms with Crippen molar-refractivity contribution in [2.24, 2.45) is 0 Å². The Labute approximate surface area is 236 Å². The maximum absolute atomic E-state index is 13.0. The number of methoxy groups -OCH3 is 2. The van der Waals surface area contributed by atoms with Gasteiger partial charge in [0.15, 0.2) is 11.5 Å². The van der Waals surface area contributed by atoms with Gasteiger partial charge < -0.3 is 24.4 Å². The van der Waals surface area contributed by atoms with Gasteiger partial charge in [-0.05, 0) is 81.0 Å². The van der Waals surface area contributed by atoms with Gasteiger partial charge in [-0.1, -0.05) is 18.2 Å². The van der Waals surface area contributed by atoms with Gasteiger partial charge in [0, 0.05) is 32.7 Å². The second kappa shape index (κ2) is 13.1. The number of anilines is 1. The Bertz CT molecular complexity index is 1220. The molecule has 0 unspecified atom stereocenters. The predicted molar refractivity (Wildman–Crippen MR) is 155 cm³/mol. The Morgan fingerprint density at radius 3 is 2.35 bits per heavy atom. The third-order valence-corrected chi connectivity index (χ3v) is 7.96. The zero-order valence-electron chi connectivity index (χ0n) is 23.6. The Morgan fingerprint density at radius 2 is 1.60 bits per heavy atom. The summed E-state index contributed by atoms with van der Waals surface area (Å²) in [5, 5.41) is 2.74. The van der Waals surface area contributed by atoms with Crippen LogP contribution in [0.15, 0.2) is 48.2 Å². The van der Waals surface area contributed by atoms with Crippen molar-refractivity contribution in [1.82, 2.24) is 15.1 Å². The van der Waals surface area contributed by atoms with Crippen molar-refractivity contribution in [1.29, 1.82) is 0 Å². The summed E-state index contributed by atoms with van der Waals surface area (Å²) in [6, 6.07) is 13.3. The minimum atomic E-state index is -0.363. The van der Waals surface area contributed by atoms with E-state index in [-0.39, 0.29) is 23.7 Å². The number of unbranched alkanes of at least 4 members (excludes halogenated alkanes) is 1. The van der Waals surface area contributed by atoms with Gasteiger partial charge in [0.2, 0.25) is 0 Å². The fourth-order valence-corrected chi connectivity index (χ4v) is 5.71. The quantitative estimate of drug-likeness (QED) is 0.251. The molecular weight excluding hydrogens is 508 g/mol. The van der Waals surface area contributed by atoms with Crippen LogP contribution in [0.5, 0.6) is 17.2 Å². The molecule has 3 aliphatic rings. The van der Waals surface area contributed by atoms with E-state index in [0.29, 0.717) is 18.0 Å². The van der Waals surface area contributed by atoms with E-state index in [1.165, 1.54) is 17.7 Å². The lowest BCUT2D eigenvalue weighted by Crippen LogP contribution is -2.46. The summed E-state index contributed by atoms with van der Waals surface area (Å²) in [5.41, 5.74) is 2.21. The molecular formula is C31H40N4O5. The molecule has 2 aromatic carbocycles. The Kier molecular flexibility index (Phi) is 9.11. The predicted octanol–water partition coefficient (Wildman–Crippen LogP) is 4.52. The number of benzene rings is 2. The monoisotopic (exact) mass is 548 g/mol. The van der Waals surface area contributed by atoms with Crippen LogP contribution >= 0.6 is 0 Å². The van der Waals surface area contributed by atoms with Crippen LogP contribution in [-0.2, 0) is 4.79 Å². The molecule has 1 saturated carbocycles. The second-order valence-corrected chi connectivity index (χ2v) is 10.6. The van der Waals surface area contributed by atoms with Crippen molar-refractivity contribution in [3.05, 3.63) is 53.7 Å². The molecule has 2 aromatic rings. The van der Waals surface area contributed by atoms with E-state index in [1.54, 1.807) is 20.3 Å². The molecule has 40 heavy (non-hydrogen) atoms. The number of hydrogen-bond acceptors (Lipinski definition) is 7. The third kappa shape index (κ3) is 6.53. The largest absolute Gasteiger partial charge is 0.495 e. The van der Waals surface area contributed by atoms with Crippen LogP contribution in [0.1, 0.15) is 44.1 Å². The molecule has 1 N–H and O–H groups in total. The van der Waals surface area contributed by atoms with E-state index in [2.05, 4.69) is 21.2 Å². The fourth-order valence-electron chi connectivity index (χ4n) is 5.71. The van der Waals surface area contributed by atoms with Crippen LogP contribution in [-0.4, -0.2) is 81.3 Å². The SMILES string of the molecule is COc1ccc(/C=C2\NC(=O)N(CCCCN3CCN(c4ccccc4OC)CC3)C2=O)cc1OC1CCCC1. The lowest BCUT2D eigenvalue weighted by molar-refractivity contribution is -0.122. The van der Waals surface area contributed by atoms with Gasteiger partial charge in [-0.25, -0.2) is 4.79 Å². The number of carbonyl (C=O) groups excluding carboxylic acids is 2. The second-order valence-electron chi connectivity index (χ2n) is 10.6. The average Bonchev–Trinajstić information content (AvgIpc) is 3.59. The first-order valence-corrected chi connectivity index (χ1v) is 14.4. The van der Waals surface area contributed by atoms with Gasteiger partial charge in [0.1, 0.15) is 11.4 Å². The van der Waals surface area contributed by atoms with E-state index < -0.39 is 0 Å². The first-order chi connectivity index (χ1) is 19.6. The Morgan fingerprint density at radius 1 is 0.875 bits per heavy atom. The summed E-state index contributed by atoms with van der Waals surface area (Å²) in [7, 11) is 3.33. The molecule has 0 radical (unpaired) electrons. The summed E-state index contributed by atoms with van der Waals surface area (Å²) in [4.78, 5) is 31.7. The molecule has 2 aliphatic heterocycles. The number of urea groups is 1. The molecule has 0 aromatic heterocycles. The molecule has 2 heterocycles. The summed E-state index contributed by atoms with van der Waals surface area (Å²) in [6.45, 7) is 5.19. The van der Waals surface area contributed by atoms with Crippen LogP contribution in [0.25, 0.3) is 6.08 Å². The smallest absolute Gasteiger partial charge is 0.329 e. The van der Waals surface area contributed by atoms with E-state index in [0.717, 1.165) is 75.4 Å². The first kappa shape index (κ1) is 27.8. The zero-order chi connectivity index (χ0) is 27.9. The van der Waals surface area contributed by atoms with E-state index in [1.807, 2.05) is 36.4 Å². The topological polar surface area (TPSA) is 83.6 Å². The summed E-state index contributed by atoms with van der Waals surface area (Å²) >= 11 is 0. The Balaban J connectivity index is 1.09. The zero-order valence-corrected chi connectivity index (χ0v) is 23.6. The minimum absolute atomic E-state index is 0.191. The van der Waals surface area contributed by atoms with Gasteiger partial charge in [-0.15, -0.1) is 0 Å². The van der Waals surface area contributed by atoms with Crippen molar-refractivity contribution in [2.75, 3.05) is 58.4 Å². The maximum Gasteiger partial charge on any atom is 0.329 e. The highest BCUT2D eigenvalue weighted by Gasteiger charge is 2.33. The van der Waals surface area contributed by atoms with Crippen LogP contribution < -0.4 is 24.4 Å². The molecule has 2 saturated heterocycles. The number of nitrogens with zero attached hydrogens (tertiary/aromatic N) is 3. The van der Waals surface area contributed by atoms with Crippen molar-refractivity contribution >= 4 is 23.7 Å². The number of nitrogens with one attached hydrogen (secondary N) is 1. The fraction of sp³-hybridized carbons (Fsp3) is 0.484. The standard InChI is InChI=1S/C31H40N4O5/c1-38-27-12-6-5-11-26(27)34-19-17-33(18-20-34)15-7-8-16-35-30(36)25(32-31(35)37)21-23-13-14-28(39-2)29(22-23)40-24-9-3-4-10-24/h5-6,11-14,21-22,24H,3-4,7-10,15-20H2,1-2H3,(H,32,37)/b25-21-. The number of ether oxygens (including phenoxy) is 3. The highest BCUT2D eigenvalue weighted by molar-refractivity contribution is 6.14.